The highest BCUT2D eigenvalue weighted by molar-refractivity contribution is 6.10. The van der Waals surface area contributed by atoms with Gasteiger partial charge in [0.25, 0.3) is 11.8 Å². The molecule has 3 aromatic carbocycles. The maximum Gasteiger partial charge on any atom is 0.335 e. The molecule has 14 nitrogen and oxygen atoms in total. The molecule has 14 heteroatoms. The van der Waals surface area contributed by atoms with Gasteiger partial charge in [-0.2, -0.15) is 10.2 Å². The molecule has 0 fully saturated rings. The number of nitrogens with zero attached hydrogens (tertiary/aromatic N) is 2. The van der Waals surface area contributed by atoms with Gasteiger partial charge in [0.2, 0.25) is 6.04 Å². The standard InChI is InChI=1S/C26H20N6O8/c1-12(33)21(23(35)27-17-6-7-19-20(11-17)30-26(40)29-19)32-31-16-4-2-13(3-5-16)22(34)28-18-9-14(24(36)37)8-15(10-18)25(38)39/h2-11,21H,1H3,(H,27,35)(H,28,34)(H,36,37)(H,38,39)(H2,29,30,40)/b32-31+. The highest BCUT2D eigenvalue weighted by atomic mass is 16.4. The quantitative estimate of drug-likeness (QED) is 0.135. The van der Waals surface area contributed by atoms with Crippen molar-refractivity contribution in [3.05, 3.63) is 87.8 Å². The number of hydrogen-bond donors (Lipinski definition) is 6. The largest absolute Gasteiger partial charge is 0.478 e. The second kappa shape index (κ2) is 11.2. The smallest absolute Gasteiger partial charge is 0.335 e. The topological polar surface area (TPSA) is 223 Å². The van der Waals surface area contributed by atoms with E-state index in [1.54, 1.807) is 12.1 Å². The lowest BCUT2D eigenvalue weighted by Crippen LogP contribution is -2.31. The van der Waals surface area contributed by atoms with Crippen molar-refractivity contribution in [3.63, 3.8) is 0 Å². The van der Waals surface area contributed by atoms with Crippen LogP contribution in [0.2, 0.25) is 0 Å². The molecule has 0 aliphatic carbocycles. The van der Waals surface area contributed by atoms with Crippen LogP contribution in [-0.4, -0.2) is 55.8 Å². The number of carboxylic acid groups (broad SMARTS) is 2. The Kier molecular flexibility index (Phi) is 7.61. The Bertz CT molecular complexity index is 1720. The molecule has 4 rings (SSSR count). The predicted molar refractivity (Wildman–Crippen MR) is 141 cm³/mol. The number of carbonyl (C=O) groups excluding carboxylic acids is 3. The molecule has 4 aromatic rings. The number of rotatable bonds is 9. The first-order valence-corrected chi connectivity index (χ1v) is 11.5. The summed E-state index contributed by atoms with van der Waals surface area (Å²) in [6.45, 7) is 1.18. The molecule has 40 heavy (non-hydrogen) atoms. The van der Waals surface area contributed by atoms with E-state index < -0.39 is 41.3 Å². The van der Waals surface area contributed by atoms with Crippen molar-refractivity contribution < 1.29 is 34.2 Å². The maximum atomic E-state index is 12.7. The number of Topliss-reactive ketones (excluding diaryl/α,β-unsaturated/α-hetero) is 1. The Morgan fingerprint density at radius 3 is 1.98 bits per heavy atom. The first-order valence-electron chi connectivity index (χ1n) is 11.5. The van der Waals surface area contributed by atoms with Gasteiger partial charge in [-0.15, -0.1) is 0 Å². The van der Waals surface area contributed by atoms with Gasteiger partial charge < -0.3 is 30.8 Å². The summed E-state index contributed by atoms with van der Waals surface area (Å²) in [7, 11) is 0. The van der Waals surface area contributed by atoms with Gasteiger partial charge in [-0.1, -0.05) is 0 Å². The highest BCUT2D eigenvalue weighted by Crippen LogP contribution is 2.20. The molecule has 1 unspecified atom stereocenters. The lowest BCUT2D eigenvalue weighted by atomic mass is 10.1. The third kappa shape index (κ3) is 6.31. The first kappa shape index (κ1) is 27.1. The summed E-state index contributed by atoms with van der Waals surface area (Å²) in [4.78, 5) is 76.4. The first-order chi connectivity index (χ1) is 19.0. The minimum Gasteiger partial charge on any atom is -0.478 e. The number of anilines is 2. The van der Waals surface area contributed by atoms with Gasteiger partial charge in [0.1, 0.15) is 0 Å². The number of ketones is 1. The van der Waals surface area contributed by atoms with E-state index in [-0.39, 0.29) is 28.1 Å². The number of carbonyl (C=O) groups is 5. The van der Waals surface area contributed by atoms with E-state index in [0.717, 1.165) is 18.2 Å². The van der Waals surface area contributed by atoms with Crippen molar-refractivity contribution in [2.75, 3.05) is 10.6 Å². The Labute approximate surface area is 223 Å². The number of aromatic carboxylic acids is 2. The van der Waals surface area contributed by atoms with Crippen LogP contribution in [0.1, 0.15) is 38.0 Å². The minimum absolute atomic E-state index is 0.0246. The van der Waals surface area contributed by atoms with E-state index in [2.05, 4.69) is 30.8 Å². The molecule has 0 saturated heterocycles. The molecule has 0 aliphatic heterocycles. The SMILES string of the molecule is CC(=O)C(/N=N/c1ccc(C(=O)Nc2cc(C(=O)O)cc(C(=O)O)c2)cc1)C(=O)Nc1ccc2[nH]c(=O)[nH]c2c1. The molecular formula is C26H20N6O8. The van der Waals surface area contributed by atoms with Crippen LogP contribution in [-0.2, 0) is 9.59 Å². The monoisotopic (exact) mass is 544 g/mol. The molecule has 0 radical (unpaired) electrons. The van der Waals surface area contributed by atoms with E-state index in [1.807, 2.05) is 0 Å². The summed E-state index contributed by atoms with van der Waals surface area (Å²) in [5, 5.41) is 31.1. The van der Waals surface area contributed by atoms with E-state index >= 15 is 0 Å². The van der Waals surface area contributed by atoms with Gasteiger partial charge in [-0.25, -0.2) is 14.4 Å². The second-order valence-electron chi connectivity index (χ2n) is 8.47. The van der Waals surface area contributed by atoms with Crippen LogP contribution in [0.5, 0.6) is 0 Å². The van der Waals surface area contributed by atoms with Crippen LogP contribution < -0.4 is 16.3 Å². The molecule has 1 aromatic heterocycles. The fourth-order valence-electron chi connectivity index (χ4n) is 3.59. The number of hydrogen-bond acceptors (Lipinski definition) is 8. The van der Waals surface area contributed by atoms with Crippen molar-refractivity contribution in [2.45, 2.75) is 13.0 Å². The number of aromatic nitrogens is 2. The third-order valence-electron chi connectivity index (χ3n) is 5.52. The summed E-state index contributed by atoms with van der Waals surface area (Å²) in [5.74, 6) is -4.68. The van der Waals surface area contributed by atoms with Gasteiger partial charge >= 0.3 is 17.6 Å². The summed E-state index contributed by atoms with van der Waals surface area (Å²) in [6.07, 6.45) is 0. The van der Waals surface area contributed by atoms with Crippen molar-refractivity contribution >= 4 is 57.6 Å². The van der Waals surface area contributed by atoms with E-state index in [4.69, 9.17) is 0 Å². The van der Waals surface area contributed by atoms with Gasteiger partial charge in [0.05, 0.1) is 27.8 Å². The number of carboxylic acids is 2. The Hall–Kier alpha value is -5.92. The fraction of sp³-hybridized carbons (Fsp3) is 0.0769. The van der Waals surface area contributed by atoms with Crippen LogP contribution in [0, 0.1) is 0 Å². The van der Waals surface area contributed by atoms with E-state index in [1.165, 1.54) is 37.3 Å². The fourth-order valence-corrected chi connectivity index (χ4v) is 3.59. The highest BCUT2D eigenvalue weighted by Gasteiger charge is 2.23. The lowest BCUT2D eigenvalue weighted by molar-refractivity contribution is -0.126. The number of nitrogens with one attached hydrogen (secondary N) is 4. The number of imidazole rings is 1. The van der Waals surface area contributed by atoms with Crippen LogP contribution >= 0.6 is 0 Å². The minimum atomic E-state index is -1.46. The van der Waals surface area contributed by atoms with Crippen LogP contribution in [0.4, 0.5) is 17.1 Å². The van der Waals surface area contributed by atoms with Gasteiger partial charge in [0, 0.05) is 16.9 Å². The van der Waals surface area contributed by atoms with Crippen molar-refractivity contribution in [2.24, 2.45) is 10.2 Å². The number of benzene rings is 3. The summed E-state index contributed by atoms with van der Waals surface area (Å²) < 4.78 is 0. The van der Waals surface area contributed by atoms with E-state index in [9.17, 15) is 39.0 Å². The van der Waals surface area contributed by atoms with Gasteiger partial charge in [-0.05, 0) is 67.6 Å². The number of amides is 2. The van der Waals surface area contributed by atoms with Crippen molar-refractivity contribution in [1.29, 1.82) is 0 Å². The normalized spacial score (nSPS) is 11.7. The lowest BCUT2D eigenvalue weighted by Gasteiger charge is -2.10. The van der Waals surface area contributed by atoms with Gasteiger partial charge in [0.15, 0.2) is 5.78 Å². The number of azo groups is 1. The zero-order chi connectivity index (χ0) is 29.0. The molecule has 0 spiro atoms. The zero-order valence-electron chi connectivity index (χ0n) is 20.6. The van der Waals surface area contributed by atoms with Crippen molar-refractivity contribution in [3.8, 4) is 0 Å². The number of fused-ring (bicyclic) bond motifs is 1. The summed E-state index contributed by atoms with van der Waals surface area (Å²) in [5.41, 5.74) is 0.643. The molecule has 1 heterocycles. The number of H-pyrrole nitrogens is 2. The summed E-state index contributed by atoms with van der Waals surface area (Å²) in [6, 6.07) is 11.9. The van der Waals surface area contributed by atoms with Crippen LogP contribution in [0.25, 0.3) is 11.0 Å². The zero-order valence-corrected chi connectivity index (χ0v) is 20.6. The average Bonchev–Trinajstić information content (AvgIpc) is 3.27. The molecular weight excluding hydrogens is 524 g/mol. The molecule has 6 N–H and O–H groups in total. The Balaban J connectivity index is 1.44. The molecule has 0 bridgehead atoms. The molecule has 1 atom stereocenters. The molecule has 0 saturated carbocycles. The predicted octanol–water partition coefficient (Wildman–Crippen LogP) is 3.18. The number of aromatic amines is 2. The van der Waals surface area contributed by atoms with Crippen LogP contribution in [0.15, 0.2) is 75.7 Å². The average molecular weight is 544 g/mol. The third-order valence-corrected chi connectivity index (χ3v) is 5.52. The maximum absolute atomic E-state index is 12.7. The van der Waals surface area contributed by atoms with Gasteiger partial charge in [-0.3, -0.25) is 14.4 Å². The molecule has 2 amide bonds. The van der Waals surface area contributed by atoms with E-state index in [0.29, 0.717) is 16.7 Å². The van der Waals surface area contributed by atoms with Crippen molar-refractivity contribution in [1.82, 2.24) is 9.97 Å². The van der Waals surface area contributed by atoms with Crippen LogP contribution in [0.3, 0.4) is 0 Å². The Morgan fingerprint density at radius 1 is 0.750 bits per heavy atom. The molecule has 0 aliphatic rings. The second-order valence-corrected chi connectivity index (χ2v) is 8.47. The summed E-state index contributed by atoms with van der Waals surface area (Å²) >= 11 is 0. The molecule has 202 valence electrons. The Morgan fingerprint density at radius 2 is 1.38 bits per heavy atom.